The van der Waals surface area contributed by atoms with Crippen LogP contribution in [0.1, 0.15) is 45.5 Å². The van der Waals surface area contributed by atoms with E-state index in [0.29, 0.717) is 41.6 Å². The maximum atomic E-state index is 10.8. The second-order valence-electron chi connectivity index (χ2n) is 12.2. The molecule has 2 aliphatic rings. The van der Waals surface area contributed by atoms with Crippen molar-refractivity contribution in [3.63, 3.8) is 0 Å². The molecule has 0 saturated carbocycles. The monoisotopic (exact) mass is 626 g/mol. The average molecular weight is 627 g/mol. The third kappa shape index (κ3) is 6.12. The molecule has 4 aromatic carbocycles. The molecule has 9 nitrogen and oxygen atoms in total. The summed E-state index contributed by atoms with van der Waals surface area (Å²) < 4.78 is 22.7. The molecular weight excluding hydrogens is 584 g/mol. The summed E-state index contributed by atoms with van der Waals surface area (Å²) in [5.74, 6) is 2.65. The summed E-state index contributed by atoms with van der Waals surface area (Å²) in [5.41, 5.74) is 6.50. The second kappa shape index (κ2) is 13.0. The van der Waals surface area contributed by atoms with Crippen LogP contribution in [0.15, 0.2) is 60.7 Å². The van der Waals surface area contributed by atoms with Gasteiger partial charge >= 0.3 is 0 Å². The first-order valence-corrected chi connectivity index (χ1v) is 15.6. The molecule has 242 valence electrons. The van der Waals surface area contributed by atoms with Gasteiger partial charge in [0.25, 0.3) is 0 Å². The molecule has 9 heteroatoms. The van der Waals surface area contributed by atoms with Crippen molar-refractivity contribution in [1.82, 2.24) is 9.80 Å². The van der Waals surface area contributed by atoms with Gasteiger partial charge in [0.15, 0.2) is 46.0 Å². The Bertz CT molecular complexity index is 1740. The van der Waals surface area contributed by atoms with E-state index in [1.165, 1.54) is 5.56 Å². The second-order valence-corrected chi connectivity index (χ2v) is 12.2. The van der Waals surface area contributed by atoms with E-state index in [-0.39, 0.29) is 29.3 Å². The summed E-state index contributed by atoms with van der Waals surface area (Å²) in [6, 6.07) is 18.9. The van der Waals surface area contributed by atoms with Crippen molar-refractivity contribution in [1.29, 1.82) is 0 Å². The van der Waals surface area contributed by atoms with Crippen LogP contribution in [0.4, 0.5) is 0 Å². The number of ether oxygens (including phenoxy) is 4. The summed E-state index contributed by atoms with van der Waals surface area (Å²) in [6.07, 6.45) is 3.10. The predicted octanol–water partition coefficient (Wildman–Crippen LogP) is 6.16. The highest BCUT2D eigenvalue weighted by Gasteiger charge is 2.29. The van der Waals surface area contributed by atoms with Crippen molar-refractivity contribution in [2.45, 2.75) is 37.8 Å². The van der Waals surface area contributed by atoms with Crippen molar-refractivity contribution < 1.29 is 34.3 Å². The van der Waals surface area contributed by atoms with E-state index in [2.05, 4.69) is 23.9 Å². The first-order chi connectivity index (χ1) is 22.2. The van der Waals surface area contributed by atoms with E-state index >= 15 is 0 Å². The number of nitrogens with zero attached hydrogens (tertiary/aromatic N) is 2. The lowest BCUT2D eigenvalue weighted by molar-refractivity contribution is 0.228. The van der Waals surface area contributed by atoms with Crippen molar-refractivity contribution in [2.24, 2.45) is 0 Å². The first kappa shape index (κ1) is 31.4. The van der Waals surface area contributed by atoms with Gasteiger partial charge in [-0.1, -0.05) is 12.1 Å². The lowest BCUT2D eigenvalue weighted by atomic mass is 9.88. The van der Waals surface area contributed by atoms with Gasteiger partial charge in [0, 0.05) is 25.2 Å². The summed E-state index contributed by atoms with van der Waals surface area (Å²) in [4.78, 5) is 4.58. The number of methoxy groups -OCH3 is 3. The van der Waals surface area contributed by atoms with Crippen LogP contribution in [0.25, 0.3) is 0 Å². The van der Waals surface area contributed by atoms with Gasteiger partial charge in [-0.3, -0.25) is 9.80 Å². The van der Waals surface area contributed by atoms with Crippen LogP contribution in [0, 0.1) is 0 Å². The zero-order valence-electron chi connectivity index (χ0n) is 27.0. The smallest absolute Gasteiger partial charge is 0.169 e. The first-order valence-electron chi connectivity index (χ1n) is 15.6. The minimum absolute atomic E-state index is 0.0290. The molecule has 4 aromatic rings. The molecule has 2 heterocycles. The van der Waals surface area contributed by atoms with Crippen molar-refractivity contribution >= 4 is 0 Å². The molecule has 2 aliphatic heterocycles. The quantitative estimate of drug-likeness (QED) is 0.201. The largest absolute Gasteiger partial charge is 0.504 e. The van der Waals surface area contributed by atoms with E-state index in [9.17, 15) is 15.3 Å². The normalized spacial score (nSPS) is 18.0. The van der Waals surface area contributed by atoms with Crippen LogP contribution in [-0.4, -0.2) is 73.6 Å². The van der Waals surface area contributed by atoms with Crippen molar-refractivity contribution in [2.75, 3.05) is 48.5 Å². The molecule has 3 N–H and O–H groups in total. The molecular formula is C37H42N2O7. The number of phenols is 3. The molecule has 0 aliphatic carbocycles. The van der Waals surface area contributed by atoms with Crippen LogP contribution in [-0.2, 0) is 25.7 Å². The fourth-order valence-corrected chi connectivity index (χ4v) is 6.81. The van der Waals surface area contributed by atoms with Crippen LogP contribution in [0.3, 0.4) is 0 Å². The molecule has 0 spiro atoms. The van der Waals surface area contributed by atoms with E-state index in [4.69, 9.17) is 18.9 Å². The van der Waals surface area contributed by atoms with E-state index in [0.717, 1.165) is 53.7 Å². The Morgan fingerprint density at radius 1 is 0.565 bits per heavy atom. The summed E-state index contributed by atoms with van der Waals surface area (Å²) in [7, 11) is 8.91. The number of fused-ring (bicyclic) bond motifs is 2. The molecule has 0 saturated heterocycles. The van der Waals surface area contributed by atoms with E-state index in [1.807, 2.05) is 54.6 Å². The van der Waals surface area contributed by atoms with Gasteiger partial charge < -0.3 is 34.3 Å². The summed E-state index contributed by atoms with van der Waals surface area (Å²) >= 11 is 0. The number of benzene rings is 4. The minimum atomic E-state index is 0.0290. The Kier molecular flexibility index (Phi) is 8.88. The topological polar surface area (TPSA) is 104 Å². The van der Waals surface area contributed by atoms with Gasteiger partial charge in [-0.25, -0.2) is 0 Å². The molecule has 0 bridgehead atoms. The van der Waals surface area contributed by atoms with Gasteiger partial charge in [-0.15, -0.1) is 0 Å². The highest BCUT2D eigenvalue weighted by atomic mass is 16.5. The Hall–Kier alpha value is -4.60. The number of likely N-dealkylation sites (N-methyl/N-ethyl adjacent to an activating group) is 2. The van der Waals surface area contributed by atoms with Crippen LogP contribution in [0.2, 0.25) is 0 Å². The summed E-state index contributed by atoms with van der Waals surface area (Å²) in [6.45, 7) is 1.77. The standard InChI is InChI=1S/C37H42N2O7/c1-38-12-10-24-18-34(44-4)31(41)20-26(24)28(38)14-22-6-8-30(40)36(16-22)46-37-17-23(7-9-33(37)43-3)15-29-27-21-32(42)35(45-5)19-25(27)11-13-39(29)2/h6-9,16-21,28-29,40-42H,10-15H2,1-5H3. The van der Waals surface area contributed by atoms with Gasteiger partial charge in [0.2, 0.25) is 0 Å². The van der Waals surface area contributed by atoms with E-state index < -0.39 is 0 Å². The molecule has 0 radical (unpaired) electrons. The SMILES string of the molecule is COc1cc2c(cc1O)C(Cc1ccc(O)c(Oc3cc(CC4c5cc(O)c(OC)cc5CCN4C)ccc3OC)c1)N(C)CC2. The van der Waals surface area contributed by atoms with Crippen molar-refractivity contribution in [3.8, 4) is 46.0 Å². The maximum Gasteiger partial charge on any atom is 0.169 e. The Balaban J connectivity index is 1.26. The van der Waals surface area contributed by atoms with Gasteiger partial charge in [0.1, 0.15) is 0 Å². The third-order valence-electron chi connectivity index (χ3n) is 9.46. The Labute approximate surface area is 270 Å². The Morgan fingerprint density at radius 3 is 1.54 bits per heavy atom. The molecule has 0 amide bonds. The van der Waals surface area contributed by atoms with Crippen LogP contribution in [0.5, 0.6) is 46.0 Å². The van der Waals surface area contributed by atoms with Gasteiger partial charge in [0.05, 0.1) is 21.3 Å². The lowest BCUT2D eigenvalue weighted by Crippen LogP contribution is -2.33. The van der Waals surface area contributed by atoms with Gasteiger partial charge in [-0.05, 0) is 122 Å². The number of hydrogen-bond acceptors (Lipinski definition) is 9. The number of rotatable bonds is 9. The highest BCUT2D eigenvalue weighted by molar-refractivity contribution is 5.53. The lowest BCUT2D eigenvalue weighted by Gasteiger charge is -2.35. The fourth-order valence-electron chi connectivity index (χ4n) is 6.81. The number of hydrogen-bond donors (Lipinski definition) is 3. The molecule has 0 fully saturated rings. The number of aromatic hydroxyl groups is 3. The zero-order valence-corrected chi connectivity index (χ0v) is 27.0. The average Bonchev–Trinajstić information content (AvgIpc) is 3.05. The number of phenolic OH excluding ortho intramolecular Hbond substituents is 3. The molecule has 2 unspecified atom stereocenters. The molecule has 2 atom stereocenters. The predicted molar refractivity (Wildman–Crippen MR) is 176 cm³/mol. The minimum Gasteiger partial charge on any atom is -0.504 e. The zero-order chi connectivity index (χ0) is 32.5. The Morgan fingerprint density at radius 2 is 1.04 bits per heavy atom. The van der Waals surface area contributed by atoms with E-state index in [1.54, 1.807) is 27.4 Å². The summed E-state index contributed by atoms with van der Waals surface area (Å²) in [5, 5.41) is 31.9. The van der Waals surface area contributed by atoms with Crippen molar-refractivity contribution in [3.05, 3.63) is 94.0 Å². The third-order valence-corrected chi connectivity index (χ3v) is 9.46. The maximum absolute atomic E-state index is 10.8. The molecule has 6 rings (SSSR count). The van der Waals surface area contributed by atoms with Crippen LogP contribution >= 0.6 is 0 Å². The molecule has 0 aromatic heterocycles. The molecule has 46 heavy (non-hydrogen) atoms. The van der Waals surface area contributed by atoms with Gasteiger partial charge in [-0.2, -0.15) is 0 Å². The fraction of sp³-hybridized carbons (Fsp3) is 0.351. The highest BCUT2D eigenvalue weighted by Crippen LogP contribution is 2.43. The van der Waals surface area contributed by atoms with Crippen LogP contribution < -0.4 is 18.9 Å².